The van der Waals surface area contributed by atoms with E-state index >= 15 is 0 Å². The summed E-state index contributed by atoms with van der Waals surface area (Å²) in [6, 6.07) is 3.03. The van der Waals surface area contributed by atoms with Crippen molar-refractivity contribution in [2.75, 3.05) is 0 Å². The third kappa shape index (κ3) is 2.35. The van der Waals surface area contributed by atoms with Gasteiger partial charge in [0.2, 0.25) is 0 Å². The van der Waals surface area contributed by atoms with Crippen molar-refractivity contribution in [2.24, 2.45) is 0 Å². The minimum absolute atomic E-state index is 0.0524. The summed E-state index contributed by atoms with van der Waals surface area (Å²) < 4.78 is 1.58. The molecule has 0 aliphatic heterocycles. The van der Waals surface area contributed by atoms with Crippen molar-refractivity contribution < 1.29 is 9.59 Å². The zero-order valence-electron chi connectivity index (χ0n) is 9.86. The highest BCUT2D eigenvalue weighted by atomic mass is 16.1. The van der Waals surface area contributed by atoms with Gasteiger partial charge in [0.05, 0.1) is 0 Å². The first-order chi connectivity index (χ1) is 8.09. The van der Waals surface area contributed by atoms with Gasteiger partial charge in [-0.1, -0.05) is 0 Å². The lowest BCUT2D eigenvalue weighted by Crippen LogP contribution is -2.28. The van der Waals surface area contributed by atoms with Gasteiger partial charge in [0.15, 0.2) is 5.78 Å². The molecule has 0 atom stereocenters. The molecule has 90 valence electrons. The Morgan fingerprint density at radius 2 is 2.06 bits per heavy atom. The topological polar surface area (TPSA) is 56.1 Å². The van der Waals surface area contributed by atoms with Gasteiger partial charge >= 0.3 is 0 Å². The van der Waals surface area contributed by atoms with Crippen LogP contribution in [0.5, 0.6) is 0 Å². The summed E-state index contributed by atoms with van der Waals surface area (Å²) in [5, 5.41) is 0. The summed E-state index contributed by atoms with van der Waals surface area (Å²) in [5.74, 6) is 0.152. The van der Waals surface area contributed by atoms with Crippen molar-refractivity contribution in [2.45, 2.75) is 39.2 Å². The van der Waals surface area contributed by atoms with Crippen molar-refractivity contribution >= 4 is 11.6 Å². The molecule has 1 aliphatic carbocycles. The minimum atomic E-state index is -0.125. The van der Waals surface area contributed by atoms with Crippen molar-refractivity contribution in [3.63, 3.8) is 0 Å². The molecule has 0 saturated carbocycles. The molecular weight excluding hydrogens is 218 g/mol. The average molecular weight is 233 g/mol. The number of hydrogen-bond acceptors (Lipinski definition) is 3. The number of ketones is 2. The van der Waals surface area contributed by atoms with E-state index in [1.165, 1.54) is 13.0 Å². The number of carbonyl (C=O) groups is 2. The highest BCUT2D eigenvalue weighted by molar-refractivity contribution is 5.97. The van der Waals surface area contributed by atoms with Crippen LogP contribution in [0.2, 0.25) is 0 Å². The Kier molecular flexibility index (Phi) is 3.22. The zero-order chi connectivity index (χ0) is 12.4. The molecule has 0 N–H and O–H groups in total. The van der Waals surface area contributed by atoms with E-state index in [9.17, 15) is 14.4 Å². The van der Waals surface area contributed by atoms with E-state index in [0.717, 1.165) is 18.5 Å². The van der Waals surface area contributed by atoms with E-state index in [4.69, 9.17) is 0 Å². The smallest absolute Gasteiger partial charge is 0.250 e. The first kappa shape index (κ1) is 11.8. The van der Waals surface area contributed by atoms with Gasteiger partial charge in [-0.05, 0) is 25.8 Å². The Morgan fingerprint density at radius 3 is 2.76 bits per heavy atom. The Bertz CT molecular complexity index is 528. The molecule has 0 aromatic carbocycles. The molecule has 0 radical (unpaired) electrons. The lowest BCUT2D eigenvalue weighted by molar-refractivity contribution is -0.117. The van der Waals surface area contributed by atoms with Crippen LogP contribution in [-0.4, -0.2) is 16.1 Å². The average Bonchev–Trinajstić information content (AvgIpc) is 2.27. The van der Waals surface area contributed by atoms with Crippen LogP contribution in [0.1, 0.15) is 42.2 Å². The summed E-state index contributed by atoms with van der Waals surface area (Å²) in [4.78, 5) is 34.4. The van der Waals surface area contributed by atoms with Crippen LogP contribution < -0.4 is 5.56 Å². The minimum Gasteiger partial charge on any atom is -0.311 e. The second kappa shape index (κ2) is 4.65. The van der Waals surface area contributed by atoms with Gasteiger partial charge in [0.1, 0.15) is 5.78 Å². The van der Waals surface area contributed by atoms with Crippen molar-refractivity contribution in [1.29, 1.82) is 0 Å². The first-order valence-electron chi connectivity index (χ1n) is 5.85. The fraction of sp³-hybridized carbons (Fsp3) is 0.462. The van der Waals surface area contributed by atoms with E-state index in [1.807, 2.05) is 0 Å². The van der Waals surface area contributed by atoms with Crippen LogP contribution in [0.15, 0.2) is 16.9 Å². The Hall–Kier alpha value is -1.71. The van der Waals surface area contributed by atoms with Gasteiger partial charge in [-0.2, -0.15) is 0 Å². The Labute approximate surface area is 99.3 Å². The van der Waals surface area contributed by atoms with Crippen LogP contribution in [-0.2, 0) is 17.8 Å². The maximum atomic E-state index is 11.8. The molecule has 0 bridgehead atoms. The molecule has 0 spiro atoms. The summed E-state index contributed by atoms with van der Waals surface area (Å²) in [5.41, 5.74) is 1.33. The normalized spacial score (nSPS) is 14.5. The summed E-state index contributed by atoms with van der Waals surface area (Å²) in [6.45, 7) is 1.89. The third-order valence-electron chi connectivity index (χ3n) is 3.10. The standard InChI is InChI=1S/C13H15NO3/c1-9(15)7-8-14-11-3-2-4-12(16)10(11)5-6-13(14)17/h5-6H,2-4,7-8H2,1H3. The van der Waals surface area contributed by atoms with Gasteiger partial charge in [-0.25, -0.2) is 0 Å². The number of rotatable bonds is 3. The zero-order valence-corrected chi connectivity index (χ0v) is 9.86. The van der Waals surface area contributed by atoms with Crippen molar-refractivity contribution in [1.82, 2.24) is 4.57 Å². The van der Waals surface area contributed by atoms with E-state index in [0.29, 0.717) is 24.9 Å². The van der Waals surface area contributed by atoms with Gasteiger partial charge in [-0.3, -0.25) is 14.4 Å². The predicted octanol–water partition coefficient (Wildman–Crippen LogP) is 1.35. The second-order valence-corrected chi connectivity index (χ2v) is 4.41. The highest BCUT2D eigenvalue weighted by Gasteiger charge is 2.20. The monoisotopic (exact) mass is 233 g/mol. The quantitative estimate of drug-likeness (QED) is 0.791. The molecule has 0 saturated heterocycles. The summed E-state index contributed by atoms with van der Waals surface area (Å²) >= 11 is 0. The SMILES string of the molecule is CC(=O)CCn1c2c(ccc1=O)C(=O)CCC2. The van der Waals surface area contributed by atoms with Crippen LogP contribution in [0, 0.1) is 0 Å². The first-order valence-corrected chi connectivity index (χ1v) is 5.85. The molecule has 0 unspecified atom stereocenters. The lowest BCUT2D eigenvalue weighted by atomic mass is 9.94. The molecule has 0 amide bonds. The number of pyridine rings is 1. The highest BCUT2D eigenvalue weighted by Crippen LogP contribution is 2.19. The van der Waals surface area contributed by atoms with Crippen LogP contribution in [0.3, 0.4) is 0 Å². The van der Waals surface area contributed by atoms with Crippen LogP contribution in [0.25, 0.3) is 0 Å². The maximum absolute atomic E-state index is 11.8. The Morgan fingerprint density at radius 1 is 1.29 bits per heavy atom. The largest absolute Gasteiger partial charge is 0.311 e. The van der Waals surface area contributed by atoms with Gasteiger partial charge in [-0.15, -0.1) is 0 Å². The molecule has 17 heavy (non-hydrogen) atoms. The second-order valence-electron chi connectivity index (χ2n) is 4.41. The number of Topliss-reactive ketones (excluding diaryl/α,β-unsaturated/α-hetero) is 2. The number of nitrogens with zero attached hydrogens (tertiary/aromatic N) is 1. The fourth-order valence-electron chi connectivity index (χ4n) is 2.21. The molecule has 4 heteroatoms. The van der Waals surface area contributed by atoms with Gasteiger partial charge < -0.3 is 4.57 Å². The van der Waals surface area contributed by atoms with Crippen LogP contribution >= 0.6 is 0 Å². The van der Waals surface area contributed by atoms with E-state index in [2.05, 4.69) is 0 Å². The molecule has 0 fully saturated rings. The molecule has 1 aromatic rings. The van der Waals surface area contributed by atoms with Crippen LogP contribution in [0.4, 0.5) is 0 Å². The maximum Gasteiger partial charge on any atom is 0.250 e. The number of hydrogen-bond donors (Lipinski definition) is 0. The van der Waals surface area contributed by atoms with Gasteiger partial charge in [0, 0.05) is 36.7 Å². The molecule has 4 nitrogen and oxygen atoms in total. The number of carbonyl (C=O) groups excluding carboxylic acids is 2. The number of aromatic nitrogens is 1. The van der Waals surface area contributed by atoms with Gasteiger partial charge in [0.25, 0.3) is 5.56 Å². The molecule has 1 aromatic heterocycles. The lowest BCUT2D eigenvalue weighted by Gasteiger charge is -2.19. The Balaban J connectivity index is 2.43. The van der Waals surface area contributed by atoms with E-state index in [1.54, 1.807) is 10.6 Å². The summed E-state index contributed by atoms with van der Waals surface area (Å²) in [6.07, 6.45) is 2.42. The number of fused-ring (bicyclic) bond motifs is 1. The molecular formula is C13H15NO3. The summed E-state index contributed by atoms with van der Waals surface area (Å²) in [7, 11) is 0. The van der Waals surface area contributed by atoms with E-state index in [-0.39, 0.29) is 17.1 Å². The molecule has 2 rings (SSSR count). The van der Waals surface area contributed by atoms with Crippen molar-refractivity contribution in [3.05, 3.63) is 33.7 Å². The fourth-order valence-corrected chi connectivity index (χ4v) is 2.21. The van der Waals surface area contributed by atoms with E-state index < -0.39 is 0 Å². The molecule has 1 heterocycles. The van der Waals surface area contributed by atoms with Crippen molar-refractivity contribution in [3.8, 4) is 0 Å². The predicted molar refractivity (Wildman–Crippen MR) is 63.3 cm³/mol. The molecule has 1 aliphatic rings. The third-order valence-corrected chi connectivity index (χ3v) is 3.10.